The molecule has 3 aromatic heterocycles. The maximum Gasteiger partial charge on any atom is 0.271 e. The van der Waals surface area contributed by atoms with Crippen LogP contribution in [0.2, 0.25) is 0 Å². The van der Waals surface area contributed by atoms with Crippen LogP contribution in [0.1, 0.15) is 12.8 Å². The first-order valence-corrected chi connectivity index (χ1v) is 10.2. The van der Waals surface area contributed by atoms with Crippen molar-refractivity contribution in [2.75, 3.05) is 22.7 Å². The highest BCUT2D eigenvalue weighted by atomic mass is 32.2. The molecule has 0 amide bonds. The molecule has 1 aliphatic heterocycles. The Balaban J connectivity index is 1.51. The van der Waals surface area contributed by atoms with E-state index < -0.39 is 10.0 Å². The number of thiophene rings is 1. The van der Waals surface area contributed by atoms with Gasteiger partial charge in [-0.05, 0) is 24.3 Å². The van der Waals surface area contributed by atoms with Crippen molar-refractivity contribution in [1.82, 2.24) is 19.7 Å². The van der Waals surface area contributed by atoms with Crippen molar-refractivity contribution in [2.45, 2.75) is 17.1 Å². The Hall–Kier alpha value is -2.46. The van der Waals surface area contributed by atoms with Crippen LogP contribution in [0.25, 0.3) is 5.95 Å². The number of hydrogen-bond donors (Lipinski definition) is 1. The molecular formula is C15H16N6O2S2. The van der Waals surface area contributed by atoms with Gasteiger partial charge in [-0.1, -0.05) is 6.07 Å². The highest BCUT2D eigenvalue weighted by molar-refractivity contribution is 7.94. The Kier molecular flexibility index (Phi) is 4.14. The van der Waals surface area contributed by atoms with Crippen molar-refractivity contribution in [3.05, 3.63) is 42.3 Å². The van der Waals surface area contributed by atoms with Crippen molar-refractivity contribution >= 4 is 32.7 Å². The summed E-state index contributed by atoms with van der Waals surface area (Å²) in [6.07, 6.45) is 8.90. The van der Waals surface area contributed by atoms with Crippen LogP contribution in [0.15, 0.2) is 46.5 Å². The summed E-state index contributed by atoms with van der Waals surface area (Å²) in [6.45, 7) is 2.05. The van der Waals surface area contributed by atoms with E-state index in [1.54, 1.807) is 36.1 Å². The lowest BCUT2D eigenvalue weighted by Gasteiger charge is -2.16. The molecule has 0 unspecified atom stereocenters. The summed E-state index contributed by atoms with van der Waals surface area (Å²) < 4.78 is 28.7. The molecule has 0 saturated carbocycles. The van der Waals surface area contributed by atoms with Gasteiger partial charge in [0.1, 0.15) is 4.21 Å². The van der Waals surface area contributed by atoms with Crippen LogP contribution >= 0.6 is 11.3 Å². The van der Waals surface area contributed by atoms with E-state index in [0.717, 1.165) is 30.1 Å². The van der Waals surface area contributed by atoms with Gasteiger partial charge >= 0.3 is 0 Å². The Morgan fingerprint density at radius 3 is 2.56 bits per heavy atom. The van der Waals surface area contributed by atoms with Crippen molar-refractivity contribution < 1.29 is 8.42 Å². The summed E-state index contributed by atoms with van der Waals surface area (Å²) in [5.41, 5.74) is 1.35. The maximum absolute atomic E-state index is 12.2. The van der Waals surface area contributed by atoms with E-state index in [0.29, 0.717) is 11.6 Å². The van der Waals surface area contributed by atoms with Gasteiger partial charge in [-0.3, -0.25) is 4.72 Å². The minimum atomic E-state index is -3.59. The quantitative estimate of drug-likeness (QED) is 0.733. The van der Waals surface area contributed by atoms with Crippen LogP contribution in [0.5, 0.6) is 0 Å². The normalized spacial score (nSPS) is 14.8. The van der Waals surface area contributed by atoms with E-state index >= 15 is 0 Å². The molecule has 4 heterocycles. The standard InChI is InChI=1S/C15H16N6O2S2/c22-25(23,14-4-3-7-24-14)19-12-8-18-21(11-12)15-16-9-13(10-17-15)20-5-1-2-6-20/h3-4,7-11,19H,1-2,5-6H2. The van der Waals surface area contributed by atoms with Gasteiger partial charge in [0.2, 0.25) is 0 Å². The predicted octanol–water partition coefficient (Wildman–Crippen LogP) is 2.12. The lowest BCUT2D eigenvalue weighted by atomic mass is 10.4. The lowest BCUT2D eigenvalue weighted by molar-refractivity contribution is 0.603. The molecule has 8 nitrogen and oxygen atoms in total. The maximum atomic E-state index is 12.2. The largest absolute Gasteiger partial charge is 0.369 e. The van der Waals surface area contributed by atoms with Crippen LogP contribution in [0.4, 0.5) is 11.4 Å². The van der Waals surface area contributed by atoms with Crippen LogP contribution in [-0.2, 0) is 10.0 Å². The zero-order chi connectivity index (χ0) is 17.3. The molecule has 25 heavy (non-hydrogen) atoms. The molecule has 0 atom stereocenters. The molecule has 0 bridgehead atoms. The number of aromatic nitrogens is 4. The first-order chi connectivity index (χ1) is 12.1. The van der Waals surface area contributed by atoms with Crippen LogP contribution in [0.3, 0.4) is 0 Å². The Morgan fingerprint density at radius 2 is 1.88 bits per heavy atom. The molecule has 1 N–H and O–H groups in total. The lowest BCUT2D eigenvalue weighted by Crippen LogP contribution is -2.18. The summed E-state index contributed by atoms with van der Waals surface area (Å²) in [7, 11) is -3.59. The number of hydrogen-bond acceptors (Lipinski definition) is 7. The molecule has 0 aromatic carbocycles. The molecule has 0 radical (unpaired) electrons. The van der Waals surface area contributed by atoms with Crippen LogP contribution < -0.4 is 9.62 Å². The minimum absolute atomic E-state index is 0.256. The molecule has 3 aromatic rings. The number of sulfonamides is 1. The molecule has 10 heteroatoms. The molecule has 4 rings (SSSR count). The average molecular weight is 376 g/mol. The van der Waals surface area contributed by atoms with Gasteiger partial charge < -0.3 is 4.90 Å². The molecule has 0 aliphatic carbocycles. The second kappa shape index (κ2) is 6.45. The van der Waals surface area contributed by atoms with E-state index in [9.17, 15) is 8.42 Å². The van der Waals surface area contributed by atoms with Gasteiger partial charge in [-0.25, -0.2) is 23.1 Å². The van der Waals surface area contributed by atoms with Gasteiger partial charge in [0.25, 0.3) is 16.0 Å². The predicted molar refractivity (Wildman–Crippen MR) is 95.7 cm³/mol. The zero-order valence-electron chi connectivity index (χ0n) is 13.2. The Labute approximate surface area is 149 Å². The third-order valence-electron chi connectivity index (χ3n) is 3.90. The van der Waals surface area contributed by atoms with Gasteiger partial charge in [-0.2, -0.15) is 5.10 Å². The molecule has 1 aliphatic rings. The molecule has 130 valence electrons. The summed E-state index contributed by atoms with van der Waals surface area (Å²) in [5.74, 6) is 0.393. The zero-order valence-corrected chi connectivity index (χ0v) is 14.9. The summed E-state index contributed by atoms with van der Waals surface area (Å²) in [4.78, 5) is 10.9. The summed E-state index contributed by atoms with van der Waals surface area (Å²) in [5, 5.41) is 5.85. The fourth-order valence-electron chi connectivity index (χ4n) is 2.68. The summed E-state index contributed by atoms with van der Waals surface area (Å²) >= 11 is 1.16. The van der Waals surface area contributed by atoms with Crippen molar-refractivity contribution in [2.24, 2.45) is 0 Å². The smallest absolute Gasteiger partial charge is 0.271 e. The number of anilines is 2. The molecule has 1 fully saturated rings. The van der Waals surface area contributed by atoms with E-state index in [2.05, 4.69) is 24.7 Å². The first kappa shape index (κ1) is 16.0. The Morgan fingerprint density at radius 1 is 1.12 bits per heavy atom. The molecule has 0 spiro atoms. The van der Waals surface area contributed by atoms with Crippen LogP contribution in [-0.4, -0.2) is 41.3 Å². The second-order valence-electron chi connectivity index (χ2n) is 5.65. The highest BCUT2D eigenvalue weighted by Gasteiger charge is 2.17. The van der Waals surface area contributed by atoms with Gasteiger partial charge in [0.15, 0.2) is 0 Å². The van der Waals surface area contributed by atoms with E-state index in [4.69, 9.17) is 0 Å². The second-order valence-corrected chi connectivity index (χ2v) is 8.50. The summed E-state index contributed by atoms with van der Waals surface area (Å²) in [6, 6.07) is 3.25. The highest BCUT2D eigenvalue weighted by Crippen LogP contribution is 2.21. The monoisotopic (exact) mass is 376 g/mol. The van der Waals surface area contributed by atoms with Gasteiger partial charge in [0.05, 0.1) is 36.2 Å². The third kappa shape index (κ3) is 3.35. The van der Waals surface area contributed by atoms with Gasteiger partial charge in [-0.15, -0.1) is 11.3 Å². The van der Waals surface area contributed by atoms with Gasteiger partial charge in [0, 0.05) is 13.1 Å². The number of rotatable bonds is 5. The fraction of sp³-hybridized carbons (Fsp3) is 0.267. The average Bonchev–Trinajstić information content (AvgIpc) is 3.36. The van der Waals surface area contributed by atoms with E-state index in [-0.39, 0.29) is 4.21 Å². The topological polar surface area (TPSA) is 93.0 Å². The van der Waals surface area contributed by atoms with Crippen molar-refractivity contribution in [3.63, 3.8) is 0 Å². The molecule has 1 saturated heterocycles. The van der Waals surface area contributed by atoms with E-state index in [1.807, 2.05) is 0 Å². The SMILES string of the molecule is O=S(=O)(Nc1cnn(-c2ncc(N3CCCC3)cn2)c1)c1cccs1. The minimum Gasteiger partial charge on any atom is -0.369 e. The van der Waals surface area contributed by atoms with E-state index in [1.165, 1.54) is 23.7 Å². The number of nitrogens with zero attached hydrogens (tertiary/aromatic N) is 5. The first-order valence-electron chi connectivity index (χ1n) is 7.80. The number of nitrogens with one attached hydrogen (secondary N) is 1. The fourth-order valence-corrected chi connectivity index (χ4v) is 4.70. The van der Waals surface area contributed by atoms with Crippen molar-refractivity contribution in [1.29, 1.82) is 0 Å². The third-order valence-corrected chi connectivity index (χ3v) is 6.67. The van der Waals surface area contributed by atoms with Crippen LogP contribution in [0, 0.1) is 0 Å². The Bertz CT molecular complexity index is 944. The van der Waals surface area contributed by atoms with Crippen molar-refractivity contribution in [3.8, 4) is 5.95 Å². The molecular weight excluding hydrogens is 360 g/mol.